The molecule has 3 aromatic rings. The van der Waals surface area contributed by atoms with Crippen LogP contribution in [0.1, 0.15) is 130 Å². The third-order valence-corrected chi connectivity index (χ3v) is 22.2. The van der Waals surface area contributed by atoms with Crippen molar-refractivity contribution in [3.63, 3.8) is 0 Å². The lowest BCUT2D eigenvalue weighted by Gasteiger charge is -2.68. The van der Waals surface area contributed by atoms with Crippen LogP contribution >= 0.6 is 0 Å². The molecule has 0 aromatic heterocycles. The van der Waals surface area contributed by atoms with Crippen molar-refractivity contribution in [2.45, 2.75) is 180 Å². The molecule has 0 radical (unpaired) electrons. The van der Waals surface area contributed by atoms with Crippen molar-refractivity contribution in [2.75, 3.05) is 20.8 Å². The monoisotopic (exact) mass is 1110 g/mol. The number of aliphatic hydroxyl groups is 1. The summed E-state index contributed by atoms with van der Waals surface area (Å²) in [6, 6.07) is 22.7. The second kappa shape index (κ2) is 22.1. The van der Waals surface area contributed by atoms with E-state index >= 15 is 9.59 Å². The number of ether oxygens (including phenoxy) is 9. The number of fused-ring (bicyclic) bond motifs is 5. The molecule has 2 aliphatic heterocycles. The van der Waals surface area contributed by atoms with Gasteiger partial charge in [0.1, 0.15) is 47.1 Å². The Morgan fingerprint density at radius 1 is 0.835 bits per heavy atom. The van der Waals surface area contributed by atoms with E-state index in [2.05, 4.69) is 0 Å². The van der Waals surface area contributed by atoms with Crippen LogP contribution in [0.5, 0.6) is 11.5 Å². The molecule has 4 fully saturated rings. The van der Waals surface area contributed by atoms with Crippen molar-refractivity contribution in [2.24, 2.45) is 16.7 Å². The maximum absolute atomic E-state index is 16.6. The highest BCUT2D eigenvalue weighted by molar-refractivity contribution is 6.73. The number of carbonyl (C=O) groups is 6. The van der Waals surface area contributed by atoms with Gasteiger partial charge >= 0.3 is 30.0 Å². The fourth-order valence-corrected chi connectivity index (χ4v) is 16.1. The first-order valence-electron chi connectivity index (χ1n) is 27.3. The molecule has 2 heterocycles. The number of Topliss-reactive ketones (excluding diaryl/α,β-unsaturated/α-hetero) is 1. The fourth-order valence-electron chi connectivity index (χ4n) is 13.2. The highest BCUT2D eigenvalue weighted by Crippen LogP contribution is 2.65. The van der Waals surface area contributed by atoms with Gasteiger partial charge in [0.2, 0.25) is 0 Å². The predicted molar refractivity (Wildman–Crippen MR) is 289 cm³/mol. The molecule has 3 aromatic carbocycles. The molecule has 1 N–H and O–H groups in total. The van der Waals surface area contributed by atoms with E-state index in [1.807, 2.05) is 20.8 Å². The van der Waals surface area contributed by atoms with Crippen LogP contribution in [0.3, 0.4) is 0 Å². The zero-order valence-corrected chi connectivity index (χ0v) is 48.9. The van der Waals surface area contributed by atoms with E-state index in [-0.39, 0.29) is 35.5 Å². The quantitative estimate of drug-likeness (QED) is 0.0649. The Morgan fingerprint density at radius 3 is 2.01 bits per heavy atom. The van der Waals surface area contributed by atoms with Crippen LogP contribution in [0.4, 0.5) is 4.79 Å². The van der Waals surface area contributed by atoms with Gasteiger partial charge in [-0.2, -0.15) is 0 Å². The average molecular weight is 1110 g/mol. The Labute approximate surface area is 463 Å². The van der Waals surface area contributed by atoms with Gasteiger partial charge < -0.3 is 52.2 Å². The summed E-state index contributed by atoms with van der Waals surface area (Å²) in [5, 5.41) is 14.4. The van der Waals surface area contributed by atoms with Crippen LogP contribution in [0, 0.1) is 16.7 Å². The van der Waals surface area contributed by atoms with E-state index in [9.17, 15) is 24.3 Å². The van der Waals surface area contributed by atoms with Crippen molar-refractivity contribution in [3.8, 4) is 11.5 Å². The summed E-state index contributed by atoms with van der Waals surface area (Å²) in [4.78, 5) is 90.4. The largest absolute Gasteiger partial charge is 0.497 e. The third kappa shape index (κ3) is 10.3. The molecule has 5 unspecified atom stereocenters. The van der Waals surface area contributed by atoms with Gasteiger partial charge in [0.05, 0.1) is 43.8 Å². The van der Waals surface area contributed by atoms with Gasteiger partial charge in [-0.05, 0) is 93.7 Å². The van der Waals surface area contributed by atoms with E-state index in [1.165, 1.54) is 33.0 Å². The predicted octanol–water partition coefficient (Wildman–Crippen LogP) is 9.33. The number of hydrogen-bond donors (Lipinski definition) is 1. The van der Waals surface area contributed by atoms with Crippen molar-refractivity contribution in [3.05, 3.63) is 107 Å². The van der Waals surface area contributed by atoms with Gasteiger partial charge in [-0.1, -0.05) is 83.1 Å². The maximum atomic E-state index is 16.6. The Balaban J connectivity index is 1.35. The first-order chi connectivity index (χ1) is 37.2. The second-order valence-corrected chi connectivity index (χ2v) is 28.0. The van der Waals surface area contributed by atoms with Gasteiger partial charge in [-0.25, -0.2) is 14.4 Å². The fraction of sp³-hybridized carbons (Fsp3) is 0.567. The number of methoxy groups -OCH3 is 2. The number of hydrogen-bond acceptors (Lipinski definition) is 17. The Kier molecular flexibility index (Phi) is 16.5. The summed E-state index contributed by atoms with van der Waals surface area (Å²) in [6.45, 7) is 20.1. The normalized spacial score (nSPS) is 31.0. The highest BCUT2D eigenvalue weighted by Gasteiger charge is 2.79. The molecule has 2 saturated heterocycles. The standard InChI is InChI=1S/C60H77NO17Si/c1-15-79(16-2,17-3)78-43-31-44-59(33-71-44,76-36(6)63)49-51(75-53(65)38-26-22-19-23-27-38)60(68)32-42(34(4)45(57(60,10)11)47(72-35(5)62)50(64)58(43,49)12)73-54(66)48-46(37-24-20-18-21-25-37)61(55(67)77-56(7,8)9)52(74-48)40-29-28-39(69-13)30-41(40)70-14/h18-30,42-44,46-49,51-52,68H,15-17,31-33H2,1-14H3/t42?,43-,44?,46-,47+,48?,49?,51-,52?,58+,59-,60+/m0/s1. The zero-order valence-electron chi connectivity index (χ0n) is 47.9. The van der Waals surface area contributed by atoms with Crippen LogP contribution in [0.25, 0.3) is 0 Å². The van der Waals surface area contributed by atoms with Crippen molar-refractivity contribution in [1.82, 2.24) is 4.90 Å². The van der Waals surface area contributed by atoms with Crippen LogP contribution in [-0.2, 0) is 56.8 Å². The number of nitrogens with zero attached hydrogens (tertiary/aromatic N) is 1. The molecule has 79 heavy (non-hydrogen) atoms. The number of ketones is 1. The summed E-state index contributed by atoms with van der Waals surface area (Å²) in [5.74, 6) is -4.80. The molecule has 19 heteroatoms. The number of benzene rings is 3. The molecule has 2 saturated carbocycles. The first kappa shape index (κ1) is 59.0. The minimum Gasteiger partial charge on any atom is -0.497 e. The summed E-state index contributed by atoms with van der Waals surface area (Å²) in [5.41, 5.74) is -7.31. The average Bonchev–Trinajstić information content (AvgIpc) is 4.00. The van der Waals surface area contributed by atoms with Crippen LogP contribution in [0.15, 0.2) is 90.0 Å². The first-order valence-corrected chi connectivity index (χ1v) is 29.8. The number of amides is 1. The van der Waals surface area contributed by atoms with Gasteiger partial charge in [0.25, 0.3) is 0 Å². The van der Waals surface area contributed by atoms with E-state index < -0.39 is 133 Å². The minimum atomic E-state index is -2.67. The summed E-state index contributed by atoms with van der Waals surface area (Å²) >= 11 is 0. The molecule has 8 rings (SSSR count). The molecule has 1 amide bonds. The van der Waals surface area contributed by atoms with E-state index in [1.54, 1.807) is 127 Å². The number of esters is 4. The van der Waals surface area contributed by atoms with Gasteiger partial charge in [0, 0.05) is 43.7 Å². The van der Waals surface area contributed by atoms with Crippen molar-refractivity contribution in [1.29, 1.82) is 0 Å². The topological polar surface area (TPSA) is 218 Å². The lowest BCUT2D eigenvalue weighted by atomic mass is 9.44. The highest BCUT2D eigenvalue weighted by atomic mass is 28.4. The molecular weight excluding hydrogens is 1030 g/mol. The minimum absolute atomic E-state index is 0.0701. The molecule has 5 aliphatic rings. The van der Waals surface area contributed by atoms with Crippen LogP contribution in [-0.4, -0.2) is 128 Å². The zero-order chi connectivity index (χ0) is 57.8. The lowest BCUT2D eigenvalue weighted by Crippen LogP contribution is -2.82. The van der Waals surface area contributed by atoms with Crippen LogP contribution < -0.4 is 9.47 Å². The summed E-state index contributed by atoms with van der Waals surface area (Å²) < 4.78 is 63.9. The van der Waals surface area contributed by atoms with Crippen molar-refractivity contribution >= 4 is 44.1 Å². The van der Waals surface area contributed by atoms with Gasteiger partial charge in [-0.15, -0.1) is 0 Å². The molecule has 428 valence electrons. The van der Waals surface area contributed by atoms with Gasteiger partial charge in [-0.3, -0.25) is 19.3 Å². The molecular formula is C60H77NO17Si. The molecule has 2 bridgehead atoms. The smallest absolute Gasteiger partial charge is 0.413 e. The molecule has 0 spiro atoms. The third-order valence-electron chi connectivity index (χ3n) is 17.5. The molecule has 12 atom stereocenters. The lowest BCUT2D eigenvalue weighted by molar-refractivity contribution is -0.344. The number of carbonyl (C=O) groups excluding carboxylic acids is 6. The Morgan fingerprint density at radius 2 is 1.47 bits per heavy atom. The number of rotatable bonds is 15. The molecule has 18 nitrogen and oxygen atoms in total. The SMILES string of the molecule is CC[Si](CC)(CC)O[C@H]1CC2OC[C@@]2(OC(C)=O)C2[C@H](OC(=O)c3ccccc3)[C@]3(O)CC(OC(=O)C4OC(c5ccc(OC)cc5OC)N(C(=O)OC(C)(C)C)[C@H]4c4ccccc4)C(C)=C([C@@H](OC(C)=O)C(=O)[C@@]21C)C3(C)C. The Hall–Kier alpha value is -6.12. The van der Waals surface area contributed by atoms with E-state index in [0.717, 1.165) is 0 Å². The van der Waals surface area contributed by atoms with E-state index in [4.69, 9.17) is 47.1 Å². The maximum Gasteiger partial charge on any atom is 0.413 e. The van der Waals surface area contributed by atoms with E-state index in [0.29, 0.717) is 35.0 Å². The summed E-state index contributed by atoms with van der Waals surface area (Å²) in [7, 11) is 0.270. The second-order valence-electron chi connectivity index (χ2n) is 23.3. The molecule has 3 aliphatic carbocycles. The Bertz CT molecular complexity index is 2840. The van der Waals surface area contributed by atoms with Crippen molar-refractivity contribution < 1.29 is 80.9 Å². The van der Waals surface area contributed by atoms with Crippen LogP contribution in [0.2, 0.25) is 18.1 Å². The van der Waals surface area contributed by atoms with Gasteiger partial charge in [0.15, 0.2) is 38.1 Å². The summed E-state index contributed by atoms with van der Waals surface area (Å²) in [6.07, 6.45) is -11.1.